The van der Waals surface area contributed by atoms with E-state index in [-0.39, 0.29) is 18.9 Å². The summed E-state index contributed by atoms with van der Waals surface area (Å²) in [6.45, 7) is 4.29. The third-order valence-electron chi connectivity index (χ3n) is 4.96. The van der Waals surface area contributed by atoms with Gasteiger partial charge in [0.05, 0.1) is 6.61 Å². The lowest BCUT2D eigenvalue weighted by Gasteiger charge is -2.29. The first-order chi connectivity index (χ1) is 14.9. The van der Waals surface area contributed by atoms with Gasteiger partial charge >= 0.3 is 0 Å². The molecule has 0 bridgehead atoms. The average Bonchev–Trinajstić information content (AvgIpc) is 3.14. The molecule has 0 saturated carbocycles. The van der Waals surface area contributed by atoms with Crippen molar-refractivity contribution in [2.45, 2.75) is 24.5 Å². The fraction of sp³-hybridized carbons (Fsp3) is 0.304. The van der Waals surface area contributed by atoms with Gasteiger partial charge in [-0.2, -0.15) is 0 Å². The summed E-state index contributed by atoms with van der Waals surface area (Å²) < 4.78 is 11.8. The van der Waals surface area contributed by atoms with E-state index in [9.17, 15) is 4.79 Å². The summed E-state index contributed by atoms with van der Waals surface area (Å²) in [6, 6.07) is 12.2. The van der Waals surface area contributed by atoms with Crippen molar-refractivity contribution in [1.82, 2.24) is 5.32 Å². The molecule has 2 N–H and O–H groups in total. The van der Waals surface area contributed by atoms with Crippen LogP contribution < -0.4 is 10.1 Å². The summed E-state index contributed by atoms with van der Waals surface area (Å²) in [5, 5.41) is 12.4. The first-order valence-corrected chi connectivity index (χ1v) is 10.6. The minimum atomic E-state index is -1.26. The van der Waals surface area contributed by atoms with Gasteiger partial charge in [0.15, 0.2) is 11.6 Å². The highest BCUT2D eigenvalue weighted by Gasteiger charge is 2.52. The van der Waals surface area contributed by atoms with Crippen molar-refractivity contribution in [3.8, 4) is 5.75 Å². The predicted octanol–water partition coefficient (Wildman–Crippen LogP) is 4.33. The molecule has 2 aromatic carbocycles. The van der Waals surface area contributed by atoms with Crippen molar-refractivity contribution >= 4 is 35.0 Å². The van der Waals surface area contributed by atoms with Crippen LogP contribution in [0.3, 0.4) is 0 Å². The smallest absolute Gasteiger partial charge is 0.252 e. The van der Waals surface area contributed by atoms with E-state index in [1.165, 1.54) is 0 Å². The largest absolute Gasteiger partial charge is 0.494 e. The second-order valence-corrected chi connectivity index (χ2v) is 7.87. The summed E-state index contributed by atoms with van der Waals surface area (Å²) in [5.74, 6) is 0.683. The zero-order valence-corrected chi connectivity index (χ0v) is 18.6. The number of aliphatic hydroxyl groups is 1. The van der Waals surface area contributed by atoms with Crippen LogP contribution in [0.2, 0.25) is 10.0 Å². The van der Waals surface area contributed by atoms with Crippen LogP contribution in [0, 0.1) is 0 Å². The van der Waals surface area contributed by atoms with E-state index >= 15 is 0 Å². The Morgan fingerprint density at radius 1 is 1.32 bits per heavy atom. The molecule has 164 valence electrons. The molecule has 1 heterocycles. The number of carbonyl (C=O) groups excluding carboxylic acids is 1. The van der Waals surface area contributed by atoms with Crippen molar-refractivity contribution in [3.63, 3.8) is 0 Å². The molecule has 3 rings (SSSR count). The molecule has 8 heteroatoms. The lowest BCUT2D eigenvalue weighted by atomic mass is 9.84. The number of ether oxygens (including phenoxy) is 2. The Hall–Kier alpha value is -2.54. The first kappa shape index (κ1) is 23.1. The molecule has 0 aromatic heterocycles. The van der Waals surface area contributed by atoms with E-state index in [1.807, 2.05) is 12.1 Å². The summed E-state index contributed by atoms with van der Waals surface area (Å²) in [6.07, 6.45) is 1.69. The highest BCUT2D eigenvalue weighted by molar-refractivity contribution is 6.35. The molecular weight excluding hydrogens is 439 g/mol. The molecule has 31 heavy (non-hydrogen) atoms. The van der Waals surface area contributed by atoms with Crippen LogP contribution in [0.25, 0.3) is 0 Å². The van der Waals surface area contributed by atoms with Crippen LogP contribution in [0.15, 0.2) is 60.1 Å². The highest BCUT2D eigenvalue weighted by Crippen LogP contribution is 2.45. The average molecular weight is 463 g/mol. The number of amides is 1. The van der Waals surface area contributed by atoms with Gasteiger partial charge in [0.1, 0.15) is 5.75 Å². The molecule has 0 unspecified atom stereocenters. The van der Waals surface area contributed by atoms with E-state index in [0.717, 1.165) is 0 Å². The van der Waals surface area contributed by atoms with Gasteiger partial charge in [0.25, 0.3) is 5.91 Å². The van der Waals surface area contributed by atoms with E-state index in [0.29, 0.717) is 45.8 Å². The number of hydrogen-bond acceptors (Lipinski definition) is 5. The fourth-order valence-corrected chi connectivity index (χ4v) is 3.95. The van der Waals surface area contributed by atoms with E-state index < -0.39 is 11.6 Å². The minimum Gasteiger partial charge on any atom is -0.494 e. The van der Waals surface area contributed by atoms with Gasteiger partial charge in [-0.1, -0.05) is 35.3 Å². The number of rotatable bonds is 9. The van der Waals surface area contributed by atoms with Gasteiger partial charge in [-0.05, 0) is 36.4 Å². The molecule has 0 fully saturated rings. The first-order valence-electron chi connectivity index (χ1n) is 9.83. The third-order valence-corrected chi connectivity index (χ3v) is 5.52. The Morgan fingerprint density at radius 3 is 2.68 bits per heavy atom. The molecule has 0 spiro atoms. The van der Waals surface area contributed by atoms with Gasteiger partial charge in [0, 0.05) is 47.7 Å². The van der Waals surface area contributed by atoms with Crippen LogP contribution >= 0.6 is 23.2 Å². The molecule has 1 aliphatic heterocycles. The minimum absolute atomic E-state index is 0.0717. The molecule has 0 aliphatic carbocycles. The molecule has 2 atom stereocenters. The Balaban J connectivity index is 1.99. The Morgan fingerprint density at radius 2 is 2.06 bits per heavy atom. The number of aliphatic hydroxyl groups excluding tert-OH is 1. The Kier molecular flexibility index (Phi) is 7.59. The van der Waals surface area contributed by atoms with Gasteiger partial charge in [-0.25, -0.2) is 4.99 Å². The quantitative estimate of drug-likeness (QED) is 0.429. The normalized spacial score (nSPS) is 20.0. The molecule has 1 aliphatic rings. The molecule has 2 aromatic rings. The molecule has 6 nitrogen and oxygen atoms in total. The second-order valence-electron chi connectivity index (χ2n) is 7.03. The number of aliphatic imine (C=N–C) groups is 1. The lowest BCUT2D eigenvalue weighted by Crippen LogP contribution is -2.46. The van der Waals surface area contributed by atoms with Gasteiger partial charge in [-0.15, -0.1) is 6.58 Å². The third kappa shape index (κ3) is 4.87. The molecule has 0 radical (unpaired) electrons. The predicted molar refractivity (Wildman–Crippen MR) is 122 cm³/mol. The maximum atomic E-state index is 13.0. The number of carbonyl (C=O) groups is 1. The topological polar surface area (TPSA) is 80.2 Å². The standard InChI is InChI=1S/C23H24Cl2N2O4/c1-3-11-23(22(29)26-2)20(18-10-7-16(24)14-19(18)25)31-21(27-23)15-5-8-17(9-6-15)30-13-4-12-28/h3,5-10,14,20,28H,1,4,11-13H2,2H3,(H,26,29)/t20-,23-/m1/s1. The lowest BCUT2D eigenvalue weighted by molar-refractivity contribution is -0.128. The number of hydrogen-bond donors (Lipinski definition) is 2. The van der Waals surface area contributed by atoms with E-state index in [1.54, 1.807) is 43.5 Å². The maximum Gasteiger partial charge on any atom is 0.252 e. The van der Waals surface area contributed by atoms with Crippen LogP contribution in [0.5, 0.6) is 5.75 Å². The fourth-order valence-electron chi connectivity index (χ4n) is 3.44. The van der Waals surface area contributed by atoms with Crippen LogP contribution in [0.1, 0.15) is 30.1 Å². The Labute approximate surface area is 191 Å². The molecule has 1 amide bonds. The van der Waals surface area contributed by atoms with Crippen molar-refractivity contribution in [1.29, 1.82) is 0 Å². The summed E-state index contributed by atoms with van der Waals surface area (Å²) in [5.41, 5.74) is 0.0400. The van der Waals surface area contributed by atoms with Gasteiger partial charge in [0.2, 0.25) is 5.90 Å². The van der Waals surface area contributed by atoms with Crippen molar-refractivity contribution in [2.75, 3.05) is 20.3 Å². The van der Waals surface area contributed by atoms with Crippen molar-refractivity contribution in [2.24, 2.45) is 4.99 Å². The monoisotopic (exact) mass is 462 g/mol. The van der Waals surface area contributed by atoms with Crippen LogP contribution in [-0.2, 0) is 9.53 Å². The van der Waals surface area contributed by atoms with Crippen molar-refractivity contribution < 1.29 is 19.4 Å². The Bertz CT molecular complexity index is 978. The van der Waals surface area contributed by atoms with Crippen LogP contribution in [-0.4, -0.2) is 42.7 Å². The number of likely N-dealkylation sites (N-methyl/N-ethyl adjacent to an activating group) is 1. The van der Waals surface area contributed by atoms with Gasteiger partial charge < -0.3 is 19.9 Å². The number of nitrogens with zero attached hydrogens (tertiary/aromatic N) is 1. The zero-order valence-electron chi connectivity index (χ0n) is 17.1. The second kappa shape index (κ2) is 10.2. The molecular formula is C23H24Cl2N2O4. The zero-order chi connectivity index (χ0) is 22.4. The maximum absolute atomic E-state index is 13.0. The number of halogens is 2. The molecule has 0 saturated heterocycles. The van der Waals surface area contributed by atoms with E-state index in [4.69, 9.17) is 42.8 Å². The van der Waals surface area contributed by atoms with E-state index in [2.05, 4.69) is 11.9 Å². The summed E-state index contributed by atoms with van der Waals surface area (Å²) in [4.78, 5) is 17.7. The van der Waals surface area contributed by atoms with Crippen LogP contribution in [0.4, 0.5) is 0 Å². The van der Waals surface area contributed by atoms with Crippen molar-refractivity contribution in [3.05, 3.63) is 76.3 Å². The van der Waals surface area contributed by atoms with Gasteiger partial charge in [-0.3, -0.25) is 4.79 Å². The number of nitrogens with one attached hydrogen (secondary N) is 1. The number of benzene rings is 2. The summed E-state index contributed by atoms with van der Waals surface area (Å²) in [7, 11) is 1.56. The highest BCUT2D eigenvalue weighted by atomic mass is 35.5. The SMILES string of the molecule is C=CC[C@@]1(C(=O)NC)N=C(c2ccc(OCCCO)cc2)O[C@@H]1c1ccc(Cl)cc1Cl. The summed E-state index contributed by atoms with van der Waals surface area (Å²) >= 11 is 12.5.